The van der Waals surface area contributed by atoms with Crippen LogP contribution in [-0.4, -0.2) is 26.3 Å². The van der Waals surface area contributed by atoms with Gasteiger partial charge in [-0.15, -0.1) is 23.1 Å². The lowest BCUT2D eigenvalue weighted by Crippen LogP contribution is -2.28. The van der Waals surface area contributed by atoms with Crippen molar-refractivity contribution in [2.24, 2.45) is 0 Å². The second-order valence-electron chi connectivity index (χ2n) is 4.85. The third kappa shape index (κ3) is 4.86. The molecule has 2 aromatic rings. The second kappa shape index (κ2) is 7.30. The Labute approximate surface area is 138 Å². The van der Waals surface area contributed by atoms with Gasteiger partial charge >= 0.3 is 0 Å². The van der Waals surface area contributed by atoms with Gasteiger partial charge in [-0.3, -0.25) is 4.79 Å². The van der Waals surface area contributed by atoms with E-state index in [1.165, 1.54) is 18.0 Å². The lowest BCUT2D eigenvalue weighted by Gasteiger charge is -2.14. The standard InChI is InChI=1S/C15H17NO3S3/c1-11(12-5-7-13(8-6-12)22(2,18)19)16-14(17)10-21-15-4-3-9-20-15/h3-9,11H,10H2,1-2H3,(H,16,17). The topological polar surface area (TPSA) is 63.2 Å². The summed E-state index contributed by atoms with van der Waals surface area (Å²) in [4.78, 5) is 12.2. The lowest BCUT2D eigenvalue weighted by molar-refractivity contribution is -0.119. The van der Waals surface area contributed by atoms with Gasteiger partial charge in [0, 0.05) is 6.26 Å². The molecule has 2 rings (SSSR count). The van der Waals surface area contributed by atoms with Gasteiger partial charge in [0.15, 0.2) is 9.84 Å². The first-order valence-corrected chi connectivity index (χ1v) is 10.4. The zero-order valence-corrected chi connectivity index (χ0v) is 14.7. The number of carbonyl (C=O) groups is 1. The molecule has 0 saturated carbocycles. The summed E-state index contributed by atoms with van der Waals surface area (Å²) < 4.78 is 23.9. The van der Waals surface area contributed by atoms with E-state index >= 15 is 0 Å². The molecule has 0 aliphatic rings. The molecule has 118 valence electrons. The predicted octanol–water partition coefficient (Wildman–Crippen LogP) is 3.12. The molecule has 0 radical (unpaired) electrons. The van der Waals surface area contributed by atoms with Crippen LogP contribution < -0.4 is 5.32 Å². The molecule has 1 N–H and O–H groups in total. The molecule has 0 spiro atoms. The number of thiophene rings is 1. The van der Waals surface area contributed by atoms with Crippen LogP contribution in [0.25, 0.3) is 0 Å². The van der Waals surface area contributed by atoms with Crippen LogP contribution in [0.15, 0.2) is 50.9 Å². The monoisotopic (exact) mass is 355 g/mol. The van der Waals surface area contributed by atoms with Gasteiger partial charge in [0.25, 0.3) is 0 Å². The van der Waals surface area contributed by atoms with Gasteiger partial charge < -0.3 is 5.32 Å². The lowest BCUT2D eigenvalue weighted by atomic mass is 10.1. The van der Waals surface area contributed by atoms with Crippen LogP contribution in [-0.2, 0) is 14.6 Å². The summed E-state index contributed by atoms with van der Waals surface area (Å²) in [6.45, 7) is 1.88. The highest BCUT2D eigenvalue weighted by atomic mass is 32.2. The summed E-state index contributed by atoms with van der Waals surface area (Å²) in [5, 5.41) is 4.89. The molecule has 0 fully saturated rings. The van der Waals surface area contributed by atoms with Crippen LogP contribution in [0, 0.1) is 0 Å². The summed E-state index contributed by atoms with van der Waals surface area (Å²) in [6.07, 6.45) is 1.18. The van der Waals surface area contributed by atoms with Gasteiger partial charge in [0.2, 0.25) is 5.91 Å². The first-order valence-electron chi connectivity index (χ1n) is 6.62. The van der Waals surface area contributed by atoms with Gasteiger partial charge in [0.05, 0.1) is 20.9 Å². The van der Waals surface area contributed by atoms with Crippen molar-refractivity contribution in [3.63, 3.8) is 0 Å². The molecule has 1 amide bonds. The molecule has 0 bridgehead atoms. The van der Waals surface area contributed by atoms with Crippen molar-refractivity contribution in [3.8, 4) is 0 Å². The maximum atomic E-state index is 11.9. The minimum Gasteiger partial charge on any atom is -0.349 e. The Morgan fingerprint density at radius 1 is 1.27 bits per heavy atom. The maximum absolute atomic E-state index is 11.9. The molecule has 1 atom stereocenters. The summed E-state index contributed by atoms with van der Waals surface area (Å²) >= 11 is 3.12. The molecule has 22 heavy (non-hydrogen) atoms. The van der Waals surface area contributed by atoms with Crippen LogP contribution in [0.5, 0.6) is 0 Å². The molecular formula is C15H17NO3S3. The number of thioether (sulfide) groups is 1. The first-order chi connectivity index (χ1) is 10.4. The molecule has 0 aliphatic heterocycles. The first kappa shape index (κ1) is 17.1. The number of benzene rings is 1. The molecule has 7 heteroatoms. The number of carbonyl (C=O) groups excluding carboxylic acids is 1. The SMILES string of the molecule is CC(NC(=O)CSc1cccs1)c1ccc(S(C)(=O)=O)cc1. The fraction of sp³-hybridized carbons (Fsp3) is 0.267. The fourth-order valence-electron chi connectivity index (χ4n) is 1.85. The predicted molar refractivity (Wildman–Crippen MR) is 91.2 cm³/mol. The maximum Gasteiger partial charge on any atom is 0.230 e. The Kier molecular flexibility index (Phi) is 5.66. The average molecular weight is 356 g/mol. The highest BCUT2D eigenvalue weighted by molar-refractivity contribution is 8.01. The average Bonchev–Trinajstić information content (AvgIpc) is 2.97. The molecule has 4 nitrogen and oxygen atoms in total. The smallest absolute Gasteiger partial charge is 0.230 e. The van der Waals surface area contributed by atoms with Crippen molar-refractivity contribution in [2.45, 2.75) is 22.1 Å². The van der Waals surface area contributed by atoms with Crippen LogP contribution in [0.1, 0.15) is 18.5 Å². The van der Waals surface area contributed by atoms with Crippen molar-refractivity contribution >= 4 is 38.8 Å². The van der Waals surface area contributed by atoms with Crippen LogP contribution >= 0.6 is 23.1 Å². The summed E-state index contributed by atoms with van der Waals surface area (Å²) in [6, 6.07) is 10.4. The van der Waals surface area contributed by atoms with Crippen molar-refractivity contribution in [3.05, 3.63) is 47.3 Å². The highest BCUT2D eigenvalue weighted by Gasteiger charge is 2.12. The third-order valence-corrected chi connectivity index (χ3v) is 6.29. The molecule has 0 aliphatic carbocycles. The second-order valence-corrected chi connectivity index (χ2v) is 9.09. The molecule has 1 unspecified atom stereocenters. The Morgan fingerprint density at radius 3 is 2.50 bits per heavy atom. The number of hydrogen-bond acceptors (Lipinski definition) is 5. The van der Waals surface area contributed by atoms with Crippen molar-refractivity contribution in [1.82, 2.24) is 5.32 Å². The summed E-state index contributed by atoms with van der Waals surface area (Å²) in [5.74, 6) is 0.324. The Balaban J connectivity index is 1.91. The minimum atomic E-state index is -3.19. The quantitative estimate of drug-likeness (QED) is 0.809. The van der Waals surface area contributed by atoms with Crippen molar-refractivity contribution in [2.75, 3.05) is 12.0 Å². The van der Waals surface area contributed by atoms with Gasteiger partial charge in [-0.25, -0.2) is 8.42 Å². The normalized spacial score (nSPS) is 12.8. The zero-order chi connectivity index (χ0) is 16.2. The highest BCUT2D eigenvalue weighted by Crippen LogP contribution is 2.23. The van der Waals surface area contributed by atoms with Crippen LogP contribution in [0.2, 0.25) is 0 Å². The van der Waals surface area contributed by atoms with Gasteiger partial charge in [0.1, 0.15) is 0 Å². The van der Waals surface area contributed by atoms with E-state index in [4.69, 9.17) is 0 Å². The molecular weight excluding hydrogens is 338 g/mol. The Hall–Kier alpha value is -1.31. The van der Waals surface area contributed by atoms with Gasteiger partial charge in [-0.1, -0.05) is 18.2 Å². The minimum absolute atomic E-state index is 0.0434. The summed E-state index contributed by atoms with van der Waals surface area (Å²) in [7, 11) is -3.19. The van der Waals surface area contributed by atoms with E-state index in [2.05, 4.69) is 5.32 Å². The number of sulfone groups is 1. The van der Waals surface area contributed by atoms with E-state index in [9.17, 15) is 13.2 Å². The van der Waals surface area contributed by atoms with E-state index < -0.39 is 9.84 Å². The van der Waals surface area contributed by atoms with Gasteiger partial charge in [-0.05, 0) is 36.1 Å². The molecule has 1 aromatic heterocycles. The number of hydrogen-bond donors (Lipinski definition) is 1. The molecule has 0 saturated heterocycles. The number of nitrogens with one attached hydrogen (secondary N) is 1. The third-order valence-electron chi connectivity index (χ3n) is 3.03. The van der Waals surface area contributed by atoms with E-state index in [1.54, 1.807) is 35.6 Å². The Morgan fingerprint density at radius 2 is 1.95 bits per heavy atom. The zero-order valence-electron chi connectivity index (χ0n) is 12.3. The van der Waals surface area contributed by atoms with E-state index in [0.29, 0.717) is 5.75 Å². The summed E-state index contributed by atoms with van der Waals surface area (Å²) in [5.41, 5.74) is 0.877. The number of rotatable bonds is 6. The fourth-order valence-corrected chi connectivity index (χ4v) is 4.08. The van der Waals surface area contributed by atoms with Crippen LogP contribution in [0.3, 0.4) is 0 Å². The number of amides is 1. The van der Waals surface area contributed by atoms with Crippen molar-refractivity contribution in [1.29, 1.82) is 0 Å². The molecule has 1 heterocycles. The largest absolute Gasteiger partial charge is 0.349 e. The Bertz CT molecular complexity index is 722. The van der Waals surface area contributed by atoms with E-state index in [1.807, 2.05) is 24.4 Å². The van der Waals surface area contributed by atoms with Gasteiger partial charge in [-0.2, -0.15) is 0 Å². The van der Waals surface area contributed by atoms with E-state index in [0.717, 1.165) is 9.77 Å². The van der Waals surface area contributed by atoms with Crippen LogP contribution in [0.4, 0.5) is 0 Å². The molecule has 1 aromatic carbocycles. The van der Waals surface area contributed by atoms with E-state index in [-0.39, 0.29) is 16.8 Å². The van der Waals surface area contributed by atoms with Crippen molar-refractivity contribution < 1.29 is 13.2 Å².